The number of nitrogens with one attached hydrogen (secondary N) is 1. The molecule has 98 valence electrons. The summed E-state index contributed by atoms with van der Waals surface area (Å²) < 4.78 is 0. The van der Waals surface area contributed by atoms with E-state index < -0.39 is 5.60 Å². The van der Waals surface area contributed by atoms with E-state index >= 15 is 0 Å². The van der Waals surface area contributed by atoms with E-state index in [9.17, 15) is 9.90 Å². The highest BCUT2D eigenvalue weighted by Crippen LogP contribution is 2.29. The molecule has 1 aliphatic carbocycles. The van der Waals surface area contributed by atoms with Crippen LogP contribution in [0.4, 0.5) is 5.69 Å². The number of aliphatic hydroxyl groups is 1. The van der Waals surface area contributed by atoms with Crippen molar-refractivity contribution in [2.75, 3.05) is 11.9 Å². The Labute approximate surface area is 108 Å². The first-order valence-corrected chi connectivity index (χ1v) is 6.72. The Bertz CT molecular complexity index is 405. The van der Waals surface area contributed by atoms with Crippen molar-refractivity contribution in [2.45, 2.75) is 44.6 Å². The van der Waals surface area contributed by atoms with E-state index in [2.05, 4.69) is 5.32 Å². The van der Waals surface area contributed by atoms with Crippen LogP contribution >= 0.6 is 0 Å². The zero-order valence-corrected chi connectivity index (χ0v) is 10.9. The van der Waals surface area contributed by atoms with Crippen LogP contribution in [0.15, 0.2) is 24.3 Å². The van der Waals surface area contributed by atoms with Gasteiger partial charge in [0.2, 0.25) is 0 Å². The number of benzene rings is 1. The maximum Gasteiger partial charge on any atom is 0.162 e. The smallest absolute Gasteiger partial charge is 0.162 e. The van der Waals surface area contributed by atoms with Crippen molar-refractivity contribution in [3.8, 4) is 0 Å². The van der Waals surface area contributed by atoms with Crippen molar-refractivity contribution in [2.24, 2.45) is 0 Å². The quantitative estimate of drug-likeness (QED) is 0.786. The van der Waals surface area contributed by atoms with Gasteiger partial charge in [-0.3, -0.25) is 4.79 Å². The van der Waals surface area contributed by atoms with Crippen molar-refractivity contribution in [1.82, 2.24) is 0 Å². The van der Waals surface area contributed by atoms with Gasteiger partial charge >= 0.3 is 0 Å². The zero-order valence-electron chi connectivity index (χ0n) is 10.9. The Morgan fingerprint density at radius 1 is 1.28 bits per heavy atom. The van der Waals surface area contributed by atoms with E-state index in [-0.39, 0.29) is 5.78 Å². The number of anilines is 1. The van der Waals surface area contributed by atoms with Crippen LogP contribution in [0, 0.1) is 0 Å². The van der Waals surface area contributed by atoms with Crippen LogP contribution in [-0.2, 0) is 0 Å². The van der Waals surface area contributed by atoms with Crippen molar-refractivity contribution in [3.05, 3.63) is 29.8 Å². The fourth-order valence-electron chi connectivity index (χ4n) is 2.45. The van der Waals surface area contributed by atoms with Crippen molar-refractivity contribution in [1.29, 1.82) is 0 Å². The Morgan fingerprint density at radius 3 is 2.44 bits per heavy atom. The molecule has 18 heavy (non-hydrogen) atoms. The van der Waals surface area contributed by atoms with E-state index in [4.69, 9.17) is 0 Å². The third kappa shape index (κ3) is 3.10. The molecule has 1 aromatic rings. The van der Waals surface area contributed by atoms with Crippen LogP contribution in [0.3, 0.4) is 0 Å². The molecule has 3 heteroatoms. The molecule has 2 rings (SSSR count). The highest BCUT2D eigenvalue weighted by atomic mass is 16.3. The second-order valence-corrected chi connectivity index (χ2v) is 5.14. The van der Waals surface area contributed by atoms with Gasteiger partial charge in [0.15, 0.2) is 5.78 Å². The van der Waals surface area contributed by atoms with Crippen LogP contribution in [0.1, 0.15) is 49.4 Å². The number of ketones is 1. The SMILES string of the molecule is CCC(=O)c1ccc(NCC2(O)CCCC2)cc1. The molecule has 1 fully saturated rings. The first kappa shape index (κ1) is 13.1. The summed E-state index contributed by atoms with van der Waals surface area (Å²) in [6, 6.07) is 7.49. The summed E-state index contributed by atoms with van der Waals surface area (Å²) in [6.07, 6.45) is 4.52. The summed E-state index contributed by atoms with van der Waals surface area (Å²) in [4.78, 5) is 11.5. The fourth-order valence-corrected chi connectivity index (χ4v) is 2.45. The zero-order chi connectivity index (χ0) is 13.0. The topological polar surface area (TPSA) is 49.3 Å². The van der Waals surface area contributed by atoms with Crippen LogP contribution in [0.25, 0.3) is 0 Å². The normalized spacial score (nSPS) is 17.7. The molecule has 0 amide bonds. The first-order valence-electron chi connectivity index (χ1n) is 6.72. The van der Waals surface area contributed by atoms with Gasteiger partial charge < -0.3 is 10.4 Å². The van der Waals surface area contributed by atoms with Gasteiger partial charge in [0, 0.05) is 24.2 Å². The lowest BCUT2D eigenvalue weighted by Crippen LogP contribution is -2.33. The molecule has 2 N–H and O–H groups in total. The average Bonchev–Trinajstić information content (AvgIpc) is 2.83. The minimum atomic E-state index is -0.544. The highest BCUT2D eigenvalue weighted by Gasteiger charge is 2.30. The number of carbonyl (C=O) groups is 1. The Kier molecular flexibility index (Phi) is 4.02. The molecule has 0 radical (unpaired) electrons. The number of rotatable bonds is 5. The molecule has 0 saturated heterocycles. The molecule has 1 saturated carbocycles. The van der Waals surface area contributed by atoms with Gasteiger partial charge in [-0.25, -0.2) is 0 Å². The molecular weight excluding hydrogens is 226 g/mol. The summed E-state index contributed by atoms with van der Waals surface area (Å²) >= 11 is 0. The van der Waals surface area contributed by atoms with Gasteiger partial charge in [0.05, 0.1) is 5.60 Å². The van der Waals surface area contributed by atoms with E-state index in [1.165, 1.54) is 0 Å². The molecule has 0 heterocycles. The molecule has 0 aliphatic heterocycles. The summed E-state index contributed by atoms with van der Waals surface area (Å²) in [5.41, 5.74) is 1.17. The van der Waals surface area contributed by atoms with Crippen LogP contribution in [0.2, 0.25) is 0 Å². The summed E-state index contributed by atoms with van der Waals surface area (Å²) in [5, 5.41) is 13.5. The lowest BCUT2D eigenvalue weighted by Gasteiger charge is -2.23. The van der Waals surface area contributed by atoms with Gasteiger partial charge in [-0.1, -0.05) is 19.8 Å². The maximum atomic E-state index is 11.5. The van der Waals surface area contributed by atoms with E-state index in [0.717, 1.165) is 36.9 Å². The van der Waals surface area contributed by atoms with Crippen LogP contribution in [-0.4, -0.2) is 23.0 Å². The fraction of sp³-hybridized carbons (Fsp3) is 0.533. The second kappa shape index (κ2) is 5.53. The standard InChI is InChI=1S/C15H21NO2/c1-2-14(17)12-5-7-13(8-6-12)16-11-15(18)9-3-4-10-15/h5-8,16,18H,2-4,9-11H2,1H3. The minimum Gasteiger partial charge on any atom is -0.388 e. The monoisotopic (exact) mass is 247 g/mol. The van der Waals surface area contributed by atoms with Gasteiger partial charge in [-0.05, 0) is 37.1 Å². The summed E-state index contributed by atoms with van der Waals surface area (Å²) in [7, 11) is 0. The van der Waals surface area contributed by atoms with Crippen molar-refractivity contribution in [3.63, 3.8) is 0 Å². The molecule has 3 nitrogen and oxygen atoms in total. The average molecular weight is 247 g/mol. The molecule has 0 aromatic heterocycles. The molecule has 0 bridgehead atoms. The molecule has 0 spiro atoms. The van der Waals surface area contributed by atoms with Crippen molar-refractivity contribution >= 4 is 11.5 Å². The van der Waals surface area contributed by atoms with E-state index in [0.29, 0.717) is 13.0 Å². The van der Waals surface area contributed by atoms with Gasteiger partial charge in [-0.15, -0.1) is 0 Å². The Balaban J connectivity index is 1.92. The van der Waals surface area contributed by atoms with Gasteiger partial charge in [0.25, 0.3) is 0 Å². The third-order valence-electron chi connectivity index (χ3n) is 3.68. The molecular formula is C15H21NO2. The maximum absolute atomic E-state index is 11.5. The van der Waals surface area contributed by atoms with E-state index in [1.54, 1.807) is 0 Å². The lowest BCUT2D eigenvalue weighted by atomic mass is 10.0. The predicted molar refractivity (Wildman–Crippen MR) is 73.0 cm³/mol. The largest absolute Gasteiger partial charge is 0.388 e. The third-order valence-corrected chi connectivity index (χ3v) is 3.68. The lowest BCUT2D eigenvalue weighted by molar-refractivity contribution is 0.0614. The van der Waals surface area contributed by atoms with Gasteiger partial charge in [0.1, 0.15) is 0 Å². The molecule has 0 atom stereocenters. The van der Waals surface area contributed by atoms with Crippen molar-refractivity contribution < 1.29 is 9.90 Å². The number of hydrogen-bond acceptors (Lipinski definition) is 3. The highest BCUT2D eigenvalue weighted by molar-refractivity contribution is 5.96. The number of Topliss-reactive ketones (excluding diaryl/α,β-unsaturated/α-hetero) is 1. The Morgan fingerprint density at radius 2 is 1.89 bits per heavy atom. The van der Waals surface area contributed by atoms with Crippen LogP contribution in [0.5, 0.6) is 0 Å². The Hall–Kier alpha value is -1.35. The van der Waals surface area contributed by atoms with Gasteiger partial charge in [-0.2, -0.15) is 0 Å². The summed E-state index contributed by atoms with van der Waals surface area (Å²) in [6.45, 7) is 2.46. The predicted octanol–water partition coefficient (Wildman–Crippen LogP) is 3.00. The molecule has 1 aliphatic rings. The molecule has 1 aromatic carbocycles. The van der Waals surface area contributed by atoms with Crippen LogP contribution < -0.4 is 5.32 Å². The second-order valence-electron chi connectivity index (χ2n) is 5.14. The summed E-state index contributed by atoms with van der Waals surface area (Å²) in [5.74, 6) is 0.163. The first-order chi connectivity index (χ1) is 8.63. The minimum absolute atomic E-state index is 0.163. The molecule has 0 unspecified atom stereocenters. The van der Waals surface area contributed by atoms with E-state index in [1.807, 2.05) is 31.2 Å². The number of hydrogen-bond donors (Lipinski definition) is 2. The number of carbonyl (C=O) groups excluding carboxylic acids is 1.